The highest BCUT2D eigenvalue weighted by molar-refractivity contribution is 7.80. The van der Waals surface area contributed by atoms with Crippen molar-refractivity contribution in [2.75, 3.05) is 6.54 Å². The number of hydrogen-bond donors (Lipinski definition) is 1. The smallest absolute Gasteiger partial charge is 0.235 e. The van der Waals surface area contributed by atoms with E-state index in [1.54, 1.807) is 0 Å². The highest BCUT2D eigenvalue weighted by Crippen LogP contribution is 2.39. The van der Waals surface area contributed by atoms with Gasteiger partial charge < -0.3 is 10.6 Å². The second-order valence-corrected chi connectivity index (χ2v) is 6.56. The van der Waals surface area contributed by atoms with Crippen molar-refractivity contribution in [3.63, 3.8) is 0 Å². The van der Waals surface area contributed by atoms with Crippen molar-refractivity contribution in [2.45, 2.75) is 78.2 Å². The number of amides is 1. The standard InChI is InChI=1S/C16H30N2OS/c1-4-6-12-18(13(3)5-2)15(19)16(14(17)20)10-8-7-9-11-16/h13H,4-12H2,1-3H3,(H2,17,20). The van der Waals surface area contributed by atoms with Gasteiger partial charge in [-0.15, -0.1) is 0 Å². The van der Waals surface area contributed by atoms with Crippen molar-refractivity contribution in [1.29, 1.82) is 0 Å². The first-order chi connectivity index (χ1) is 9.49. The fourth-order valence-electron chi connectivity index (χ4n) is 3.07. The van der Waals surface area contributed by atoms with Crippen LogP contribution in [0.2, 0.25) is 0 Å². The fourth-order valence-corrected chi connectivity index (χ4v) is 3.36. The van der Waals surface area contributed by atoms with Crippen LogP contribution in [0, 0.1) is 5.41 Å². The summed E-state index contributed by atoms with van der Waals surface area (Å²) in [5.41, 5.74) is 5.43. The van der Waals surface area contributed by atoms with E-state index in [2.05, 4.69) is 20.8 Å². The van der Waals surface area contributed by atoms with Gasteiger partial charge in [-0.2, -0.15) is 0 Å². The molecule has 1 amide bonds. The Hall–Kier alpha value is -0.640. The molecule has 1 atom stereocenters. The van der Waals surface area contributed by atoms with E-state index in [1.807, 2.05) is 4.90 Å². The Labute approximate surface area is 129 Å². The minimum Gasteiger partial charge on any atom is -0.392 e. The topological polar surface area (TPSA) is 46.3 Å². The van der Waals surface area contributed by atoms with Crippen molar-refractivity contribution >= 4 is 23.1 Å². The summed E-state index contributed by atoms with van der Waals surface area (Å²) in [5, 5.41) is 0. The lowest BCUT2D eigenvalue weighted by Gasteiger charge is -2.41. The van der Waals surface area contributed by atoms with Crippen LogP contribution in [0.25, 0.3) is 0 Å². The van der Waals surface area contributed by atoms with Crippen molar-refractivity contribution in [3.8, 4) is 0 Å². The van der Waals surface area contributed by atoms with Crippen LogP contribution in [0.4, 0.5) is 0 Å². The van der Waals surface area contributed by atoms with E-state index in [4.69, 9.17) is 18.0 Å². The number of nitrogens with zero attached hydrogens (tertiary/aromatic N) is 1. The first kappa shape index (κ1) is 17.4. The molecule has 1 aliphatic carbocycles. The molecule has 0 spiro atoms. The predicted octanol–water partition coefficient (Wildman–Crippen LogP) is 3.65. The van der Waals surface area contributed by atoms with Crippen LogP contribution >= 0.6 is 12.2 Å². The number of hydrogen-bond acceptors (Lipinski definition) is 2. The summed E-state index contributed by atoms with van der Waals surface area (Å²) in [6.45, 7) is 7.24. The van der Waals surface area contributed by atoms with Crippen molar-refractivity contribution in [1.82, 2.24) is 4.90 Å². The third-order valence-corrected chi connectivity index (χ3v) is 5.12. The third-order valence-electron chi connectivity index (χ3n) is 4.72. The molecule has 0 aromatic rings. The Kier molecular flexibility index (Phi) is 6.93. The number of rotatable bonds is 7. The Morgan fingerprint density at radius 3 is 2.35 bits per heavy atom. The average Bonchev–Trinajstić information content (AvgIpc) is 2.47. The van der Waals surface area contributed by atoms with Crippen LogP contribution in [-0.2, 0) is 4.79 Å². The maximum absolute atomic E-state index is 13.1. The van der Waals surface area contributed by atoms with Crippen LogP contribution < -0.4 is 5.73 Å². The first-order valence-corrected chi connectivity index (χ1v) is 8.51. The van der Waals surface area contributed by atoms with E-state index in [0.717, 1.165) is 51.5 Å². The molecule has 4 heteroatoms. The van der Waals surface area contributed by atoms with Gasteiger partial charge in [-0.25, -0.2) is 0 Å². The molecule has 116 valence electrons. The Balaban J connectivity index is 2.96. The molecule has 0 radical (unpaired) electrons. The molecule has 1 rings (SSSR count). The van der Waals surface area contributed by atoms with Crippen LogP contribution in [0.3, 0.4) is 0 Å². The minimum absolute atomic E-state index is 0.188. The zero-order chi connectivity index (χ0) is 15.2. The normalized spacial score (nSPS) is 19.4. The van der Waals surface area contributed by atoms with Crippen LogP contribution in [-0.4, -0.2) is 28.4 Å². The maximum Gasteiger partial charge on any atom is 0.235 e. The van der Waals surface area contributed by atoms with Crippen LogP contribution in [0.1, 0.15) is 72.1 Å². The maximum atomic E-state index is 13.1. The lowest BCUT2D eigenvalue weighted by atomic mass is 9.72. The van der Waals surface area contributed by atoms with Crippen molar-refractivity contribution in [2.24, 2.45) is 11.1 Å². The quantitative estimate of drug-likeness (QED) is 0.730. The van der Waals surface area contributed by atoms with Crippen LogP contribution in [0.15, 0.2) is 0 Å². The average molecular weight is 298 g/mol. The number of nitrogens with two attached hydrogens (primary N) is 1. The molecule has 0 aliphatic heterocycles. The molecular weight excluding hydrogens is 268 g/mol. The number of unbranched alkanes of at least 4 members (excludes halogenated alkanes) is 1. The van der Waals surface area contributed by atoms with Crippen molar-refractivity contribution in [3.05, 3.63) is 0 Å². The van der Waals surface area contributed by atoms with Gasteiger partial charge in [0.2, 0.25) is 5.91 Å². The molecule has 1 fully saturated rings. The molecule has 2 N–H and O–H groups in total. The minimum atomic E-state index is -0.565. The summed E-state index contributed by atoms with van der Waals surface area (Å²) in [5.74, 6) is 0.188. The zero-order valence-corrected chi connectivity index (χ0v) is 14.1. The predicted molar refractivity (Wildman–Crippen MR) is 88.7 cm³/mol. The highest BCUT2D eigenvalue weighted by Gasteiger charge is 2.45. The summed E-state index contributed by atoms with van der Waals surface area (Å²) in [6.07, 6.45) is 8.10. The molecular formula is C16H30N2OS. The van der Waals surface area contributed by atoms with Gasteiger partial charge in [0.05, 0.1) is 10.4 Å². The molecule has 0 bridgehead atoms. The summed E-state index contributed by atoms with van der Waals surface area (Å²) in [6, 6.07) is 0.266. The van der Waals surface area contributed by atoms with Crippen molar-refractivity contribution < 1.29 is 4.79 Å². The van der Waals surface area contributed by atoms with E-state index in [9.17, 15) is 4.79 Å². The Morgan fingerprint density at radius 1 is 1.30 bits per heavy atom. The van der Waals surface area contributed by atoms with Gasteiger partial charge >= 0.3 is 0 Å². The second-order valence-electron chi connectivity index (χ2n) is 6.12. The molecule has 3 nitrogen and oxygen atoms in total. The number of carbonyl (C=O) groups is 1. The Morgan fingerprint density at radius 2 is 1.90 bits per heavy atom. The van der Waals surface area contributed by atoms with Gasteiger partial charge in [0, 0.05) is 12.6 Å². The largest absolute Gasteiger partial charge is 0.392 e. The molecule has 0 heterocycles. The Bertz CT molecular complexity index is 337. The van der Waals surface area contributed by atoms with Gasteiger partial charge in [-0.3, -0.25) is 4.79 Å². The molecule has 1 saturated carbocycles. The van der Waals surface area contributed by atoms with E-state index in [-0.39, 0.29) is 11.9 Å². The highest BCUT2D eigenvalue weighted by atomic mass is 32.1. The van der Waals surface area contributed by atoms with Gasteiger partial charge in [0.15, 0.2) is 0 Å². The van der Waals surface area contributed by atoms with E-state index in [1.165, 1.54) is 6.42 Å². The lowest BCUT2D eigenvalue weighted by Crippen LogP contribution is -2.54. The van der Waals surface area contributed by atoms with E-state index < -0.39 is 5.41 Å². The third kappa shape index (κ3) is 3.72. The summed E-state index contributed by atoms with van der Waals surface area (Å²) >= 11 is 5.29. The number of thiocarbonyl (C=S) groups is 1. The van der Waals surface area contributed by atoms with Gasteiger partial charge in [0.1, 0.15) is 0 Å². The molecule has 0 saturated heterocycles. The molecule has 0 aromatic carbocycles. The monoisotopic (exact) mass is 298 g/mol. The van der Waals surface area contributed by atoms with Crippen LogP contribution in [0.5, 0.6) is 0 Å². The van der Waals surface area contributed by atoms with Gasteiger partial charge in [-0.05, 0) is 32.6 Å². The molecule has 1 aliphatic rings. The molecule has 20 heavy (non-hydrogen) atoms. The van der Waals surface area contributed by atoms with Gasteiger partial charge in [0.25, 0.3) is 0 Å². The summed E-state index contributed by atoms with van der Waals surface area (Å²) < 4.78 is 0. The molecule has 0 aromatic heterocycles. The number of carbonyl (C=O) groups excluding carboxylic acids is 1. The second kappa shape index (κ2) is 7.96. The van der Waals surface area contributed by atoms with E-state index in [0.29, 0.717) is 4.99 Å². The fraction of sp³-hybridized carbons (Fsp3) is 0.875. The summed E-state index contributed by atoms with van der Waals surface area (Å²) in [4.78, 5) is 15.6. The first-order valence-electron chi connectivity index (χ1n) is 8.10. The summed E-state index contributed by atoms with van der Waals surface area (Å²) in [7, 11) is 0. The molecule has 1 unspecified atom stereocenters. The van der Waals surface area contributed by atoms with E-state index >= 15 is 0 Å². The SMILES string of the molecule is CCCCN(C(=O)C1(C(N)=S)CCCCC1)C(C)CC. The zero-order valence-electron chi connectivity index (χ0n) is 13.3. The van der Waals surface area contributed by atoms with Gasteiger partial charge in [-0.1, -0.05) is 51.7 Å². The lowest BCUT2D eigenvalue weighted by molar-refractivity contribution is -0.142.